The van der Waals surface area contributed by atoms with Gasteiger partial charge in [0.05, 0.1) is 30.5 Å². The second-order valence-corrected chi connectivity index (χ2v) is 10.9. The largest absolute Gasteiger partial charge is 0.493 e. The van der Waals surface area contributed by atoms with Crippen molar-refractivity contribution in [1.82, 2.24) is 0 Å². The van der Waals surface area contributed by atoms with Crippen molar-refractivity contribution in [1.29, 1.82) is 15.8 Å². The van der Waals surface area contributed by atoms with Crippen molar-refractivity contribution < 1.29 is 9.47 Å². The smallest absolute Gasteiger partial charge is 0.191 e. The van der Waals surface area contributed by atoms with Crippen LogP contribution in [-0.4, -0.2) is 7.11 Å². The molecule has 0 saturated carbocycles. The van der Waals surface area contributed by atoms with E-state index in [2.05, 4.69) is 45.1 Å². The van der Waals surface area contributed by atoms with Gasteiger partial charge in [0.15, 0.2) is 16.9 Å². The molecule has 0 aliphatic heterocycles. The molecule has 3 atom stereocenters. The number of nitrogens with two attached hydrogens (primary N) is 1. The van der Waals surface area contributed by atoms with E-state index in [1.165, 1.54) is 0 Å². The Morgan fingerprint density at radius 1 is 1.03 bits per heavy atom. The topological polar surface area (TPSA) is 116 Å². The van der Waals surface area contributed by atoms with Gasteiger partial charge in [0.1, 0.15) is 12.7 Å². The van der Waals surface area contributed by atoms with Gasteiger partial charge in [-0.1, -0.05) is 63.2 Å². The van der Waals surface area contributed by atoms with Crippen LogP contribution < -0.4 is 15.2 Å². The average molecular weight is 493 g/mol. The fourth-order valence-electron chi connectivity index (χ4n) is 5.71. The highest BCUT2D eigenvalue weighted by Gasteiger charge is 2.55. The van der Waals surface area contributed by atoms with Gasteiger partial charge in [-0.15, -0.1) is 0 Å². The van der Waals surface area contributed by atoms with Crippen LogP contribution in [0.5, 0.6) is 11.5 Å². The predicted octanol–water partition coefficient (Wildman–Crippen LogP) is 6.14. The van der Waals surface area contributed by atoms with Crippen LogP contribution in [0.3, 0.4) is 0 Å². The molecule has 2 aliphatic rings. The first-order valence-electron chi connectivity index (χ1n) is 12.5. The highest BCUT2D eigenvalue weighted by molar-refractivity contribution is 5.60. The predicted molar refractivity (Wildman–Crippen MR) is 141 cm³/mol. The number of hydrogen-bond donors (Lipinski definition) is 1. The molecule has 2 aromatic carbocycles. The lowest BCUT2D eigenvalue weighted by atomic mass is 9.54. The zero-order chi connectivity index (χ0) is 26.8. The van der Waals surface area contributed by atoms with Crippen LogP contribution in [0.1, 0.15) is 50.7 Å². The maximum atomic E-state index is 10.4. The Bertz CT molecular complexity index is 1350. The number of benzene rings is 2. The standard InChI is InChI=1S/C31H32N4O2/c1-30(2,3)22-11-12-23-24(15-22)28(31(18-33,19-34)29(35)25(23)16-32)21-10-13-26(27(14-21)36-4)37-17-20-8-6-5-7-9-20/h5-10,12-14,22,24,28H,11,15,17,35H2,1-4H3/t22-,24-,28+/m0/s1. The van der Waals surface area contributed by atoms with E-state index in [0.717, 1.165) is 29.5 Å². The molecule has 4 rings (SSSR count). The van der Waals surface area contributed by atoms with Crippen LogP contribution in [0, 0.1) is 56.7 Å². The highest BCUT2D eigenvalue weighted by Crippen LogP contribution is 2.58. The quantitative estimate of drug-likeness (QED) is 0.536. The van der Waals surface area contributed by atoms with Crippen LogP contribution in [0.25, 0.3) is 0 Å². The minimum atomic E-state index is -1.68. The number of ether oxygens (including phenoxy) is 2. The van der Waals surface area contributed by atoms with Gasteiger partial charge in [0.2, 0.25) is 0 Å². The first kappa shape index (κ1) is 25.9. The Morgan fingerprint density at radius 3 is 2.32 bits per heavy atom. The van der Waals surface area contributed by atoms with Crippen molar-refractivity contribution in [2.24, 2.45) is 28.4 Å². The van der Waals surface area contributed by atoms with E-state index in [1.54, 1.807) is 7.11 Å². The molecule has 37 heavy (non-hydrogen) atoms. The lowest BCUT2D eigenvalue weighted by Crippen LogP contribution is -2.44. The molecule has 0 aromatic heterocycles. The summed E-state index contributed by atoms with van der Waals surface area (Å²) in [5, 5.41) is 30.8. The van der Waals surface area contributed by atoms with E-state index in [9.17, 15) is 15.8 Å². The average Bonchev–Trinajstić information content (AvgIpc) is 2.91. The summed E-state index contributed by atoms with van der Waals surface area (Å²) in [6, 6.07) is 22.0. The molecule has 2 aliphatic carbocycles. The van der Waals surface area contributed by atoms with Crippen molar-refractivity contribution in [2.45, 2.75) is 46.1 Å². The third-order valence-electron chi connectivity index (χ3n) is 7.89. The van der Waals surface area contributed by atoms with Crippen LogP contribution in [0.4, 0.5) is 0 Å². The summed E-state index contributed by atoms with van der Waals surface area (Å²) in [6.07, 6.45) is 3.66. The number of fused-ring (bicyclic) bond motifs is 1. The van der Waals surface area contributed by atoms with Crippen LogP contribution in [-0.2, 0) is 6.61 Å². The molecular formula is C31H32N4O2. The van der Waals surface area contributed by atoms with Crippen molar-refractivity contribution in [2.75, 3.05) is 7.11 Å². The Hall–Kier alpha value is -4.21. The van der Waals surface area contributed by atoms with Gasteiger partial charge in [-0.3, -0.25) is 0 Å². The minimum Gasteiger partial charge on any atom is -0.493 e. The van der Waals surface area contributed by atoms with Crippen LogP contribution in [0.2, 0.25) is 0 Å². The number of nitriles is 3. The van der Waals surface area contributed by atoms with E-state index in [1.807, 2.05) is 48.5 Å². The molecule has 2 aromatic rings. The first-order chi connectivity index (χ1) is 17.7. The monoisotopic (exact) mass is 492 g/mol. The molecule has 0 fully saturated rings. The summed E-state index contributed by atoms with van der Waals surface area (Å²) in [5.74, 6) is 0.640. The summed E-state index contributed by atoms with van der Waals surface area (Å²) in [7, 11) is 1.57. The molecule has 6 nitrogen and oxygen atoms in total. The number of rotatable bonds is 5. The number of nitrogens with zero attached hydrogens (tertiary/aromatic N) is 3. The lowest BCUT2D eigenvalue weighted by molar-refractivity contribution is 0.170. The molecule has 6 heteroatoms. The Morgan fingerprint density at radius 2 is 1.73 bits per heavy atom. The van der Waals surface area contributed by atoms with Crippen LogP contribution >= 0.6 is 0 Å². The maximum Gasteiger partial charge on any atom is 0.191 e. The van der Waals surface area contributed by atoms with E-state index in [4.69, 9.17) is 15.2 Å². The summed E-state index contributed by atoms with van der Waals surface area (Å²) in [6.45, 7) is 6.98. The molecule has 2 N–H and O–H groups in total. The van der Waals surface area contributed by atoms with Crippen LogP contribution in [0.15, 0.2) is 71.5 Å². The number of methoxy groups -OCH3 is 1. The molecule has 0 heterocycles. The van der Waals surface area contributed by atoms with Gasteiger partial charge >= 0.3 is 0 Å². The van der Waals surface area contributed by atoms with Crippen molar-refractivity contribution in [3.8, 4) is 29.7 Å². The zero-order valence-corrected chi connectivity index (χ0v) is 21.8. The molecule has 0 amide bonds. The Balaban J connectivity index is 1.82. The van der Waals surface area contributed by atoms with Gasteiger partial charge in [0.25, 0.3) is 0 Å². The van der Waals surface area contributed by atoms with Crippen molar-refractivity contribution in [3.05, 3.63) is 82.6 Å². The van der Waals surface area contributed by atoms with E-state index in [0.29, 0.717) is 24.0 Å². The Kier molecular flexibility index (Phi) is 7.02. The number of hydrogen-bond acceptors (Lipinski definition) is 6. The minimum absolute atomic E-state index is 0.0286. The van der Waals surface area contributed by atoms with Crippen molar-refractivity contribution in [3.63, 3.8) is 0 Å². The second-order valence-electron chi connectivity index (χ2n) is 10.9. The molecule has 0 saturated heterocycles. The lowest BCUT2D eigenvalue weighted by Gasteiger charge is -2.47. The van der Waals surface area contributed by atoms with Gasteiger partial charge in [-0.25, -0.2) is 0 Å². The summed E-state index contributed by atoms with van der Waals surface area (Å²) < 4.78 is 11.7. The van der Waals surface area contributed by atoms with E-state index < -0.39 is 11.3 Å². The summed E-state index contributed by atoms with van der Waals surface area (Å²) in [5.41, 5.74) is 7.76. The SMILES string of the molecule is COc1cc([C@@H]2[C@H]3C[C@@H](C(C)(C)C)CC=C3C(C#N)=C(N)C2(C#N)C#N)ccc1OCc1ccccc1. The highest BCUT2D eigenvalue weighted by atomic mass is 16.5. The molecule has 0 unspecified atom stereocenters. The van der Waals surface area contributed by atoms with E-state index >= 15 is 0 Å². The van der Waals surface area contributed by atoms with Gasteiger partial charge in [0, 0.05) is 5.92 Å². The summed E-state index contributed by atoms with van der Waals surface area (Å²) in [4.78, 5) is 0. The van der Waals surface area contributed by atoms with Gasteiger partial charge in [-0.05, 0) is 58.9 Å². The molecule has 0 bridgehead atoms. The molecule has 0 spiro atoms. The Labute approximate surface area is 219 Å². The fraction of sp³-hybridized carbons (Fsp3) is 0.387. The molecule has 0 radical (unpaired) electrons. The van der Waals surface area contributed by atoms with E-state index in [-0.39, 0.29) is 22.6 Å². The van der Waals surface area contributed by atoms with Gasteiger partial charge in [-0.2, -0.15) is 15.8 Å². The molecular weight excluding hydrogens is 460 g/mol. The van der Waals surface area contributed by atoms with Crippen molar-refractivity contribution >= 4 is 0 Å². The number of allylic oxidation sites excluding steroid dienone is 4. The van der Waals surface area contributed by atoms with Gasteiger partial charge < -0.3 is 15.2 Å². The first-order valence-corrected chi connectivity index (χ1v) is 12.5. The second kappa shape index (κ2) is 10.0. The normalized spacial score (nSPS) is 22.5. The zero-order valence-electron chi connectivity index (χ0n) is 21.8. The fourth-order valence-corrected chi connectivity index (χ4v) is 5.71. The maximum absolute atomic E-state index is 10.4. The molecule has 188 valence electrons. The third-order valence-corrected chi connectivity index (χ3v) is 7.89. The summed E-state index contributed by atoms with van der Waals surface area (Å²) >= 11 is 0. The third kappa shape index (κ3) is 4.54.